The van der Waals surface area contributed by atoms with Crippen LogP contribution in [0.1, 0.15) is 23.2 Å². The lowest BCUT2D eigenvalue weighted by Gasteiger charge is -2.04. The Morgan fingerprint density at radius 2 is 2.14 bits per heavy atom. The minimum atomic E-state index is -0.556. The number of benzene rings is 1. The number of carbonyl (C=O) groups excluding carboxylic acids is 1. The number of fused-ring (bicyclic) bond motifs is 1. The SMILES string of the molecule is Nc1cc2c(cc1Cl)C(=O)C1(CC1)O2. The van der Waals surface area contributed by atoms with Gasteiger partial charge in [-0.1, -0.05) is 11.6 Å². The molecule has 1 fully saturated rings. The second kappa shape index (κ2) is 2.23. The average Bonchev–Trinajstić information content (AvgIpc) is 2.86. The summed E-state index contributed by atoms with van der Waals surface area (Å²) in [6.45, 7) is 0. The number of hydrogen-bond acceptors (Lipinski definition) is 3. The molecule has 72 valence electrons. The Kier molecular flexibility index (Phi) is 1.29. The molecule has 1 aliphatic heterocycles. The lowest BCUT2D eigenvalue weighted by atomic mass is 10.1. The van der Waals surface area contributed by atoms with E-state index in [1.807, 2.05) is 0 Å². The Balaban J connectivity index is 2.19. The normalized spacial score (nSPS) is 20.8. The first kappa shape index (κ1) is 8.12. The van der Waals surface area contributed by atoms with Crippen LogP contribution < -0.4 is 10.5 Å². The Morgan fingerprint density at radius 3 is 2.79 bits per heavy atom. The molecule has 1 aromatic rings. The van der Waals surface area contributed by atoms with Crippen LogP contribution >= 0.6 is 11.6 Å². The fourth-order valence-corrected chi connectivity index (χ4v) is 1.94. The van der Waals surface area contributed by atoms with Crippen molar-refractivity contribution in [1.29, 1.82) is 0 Å². The second-order valence-electron chi connectivity index (χ2n) is 3.80. The number of anilines is 1. The summed E-state index contributed by atoms with van der Waals surface area (Å²) >= 11 is 5.84. The van der Waals surface area contributed by atoms with E-state index >= 15 is 0 Å². The number of rotatable bonds is 0. The fourth-order valence-electron chi connectivity index (χ4n) is 1.78. The van der Waals surface area contributed by atoms with E-state index in [1.54, 1.807) is 12.1 Å². The van der Waals surface area contributed by atoms with Crippen molar-refractivity contribution >= 4 is 23.1 Å². The molecule has 0 radical (unpaired) electrons. The van der Waals surface area contributed by atoms with Crippen LogP contribution in [0.4, 0.5) is 5.69 Å². The summed E-state index contributed by atoms with van der Waals surface area (Å²) in [5.74, 6) is 0.629. The van der Waals surface area contributed by atoms with Crippen molar-refractivity contribution in [3.63, 3.8) is 0 Å². The number of Topliss-reactive ketones (excluding diaryl/α,β-unsaturated/α-hetero) is 1. The molecule has 0 atom stereocenters. The molecule has 1 spiro atoms. The first-order chi connectivity index (χ1) is 6.62. The maximum absolute atomic E-state index is 11.8. The molecule has 0 saturated heterocycles. The van der Waals surface area contributed by atoms with Crippen LogP contribution in [0.2, 0.25) is 5.02 Å². The van der Waals surface area contributed by atoms with Gasteiger partial charge in [-0.15, -0.1) is 0 Å². The molecule has 1 aromatic carbocycles. The van der Waals surface area contributed by atoms with Crippen LogP contribution in [0.5, 0.6) is 5.75 Å². The summed E-state index contributed by atoms with van der Waals surface area (Å²) in [5.41, 5.74) is 6.09. The second-order valence-corrected chi connectivity index (χ2v) is 4.20. The number of halogens is 1. The molecule has 2 N–H and O–H groups in total. The molecular formula is C10H8ClNO2. The van der Waals surface area contributed by atoms with Gasteiger partial charge < -0.3 is 10.5 Å². The molecular weight excluding hydrogens is 202 g/mol. The third kappa shape index (κ3) is 0.852. The minimum absolute atomic E-state index is 0.0504. The van der Waals surface area contributed by atoms with Crippen molar-refractivity contribution in [1.82, 2.24) is 0 Å². The number of hydrogen-bond donors (Lipinski definition) is 1. The van der Waals surface area contributed by atoms with E-state index < -0.39 is 5.60 Å². The average molecular weight is 210 g/mol. The highest BCUT2D eigenvalue weighted by atomic mass is 35.5. The summed E-state index contributed by atoms with van der Waals surface area (Å²) in [6.07, 6.45) is 1.61. The highest BCUT2D eigenvalue weighted by molar-refractivity contribution is 6.33. The van der Waals surface area contributed by atoms with E-state index in [0.717, 1.165) is 12.8 Å². The summed E-state index contributed by atoms with van der Waals surface area (Å²) in [7, 11) is 0. The van der Waals surface area contributed by atoms with E-state index in [2.05, 4.69) is 0 Å². The number of ketones is 1. The molecule has 1 heterocycles. The third-order valence-corrected chi connectivity index (χ3v) is 3.09. The van der Waals surface area contributed by atoms with Crippen molar-refractivity contribution in [2.45, 2.75) is 18.4 Å². The van der Waals surface area contributed by atoms with Gasteiger partial charge in [-0.25, -0.2) is 0 Å². The molecule has 3 rings (SSSR count). The van der Waals surface area contributed by atoms with Gasteiger partial charge in [0.15, 0.2) is 5.60 Å². The monoisotopic (exact) mass is 209 g/mol. The van der Waals surface area contributed by atoms with Crippen LogP contribution in [0.3, 0.4) is 0 Å². The van der Waals surface area contributed by atoms with Crippen LogP contribution in [-0.2, 0) is 0 Å². The van der Waals surface area contributed by atoms with Crippen molar-refractivity contribution in [2.24, 2.45) is 0 Å². The van der Waals surface area contributed by atoms with Crippen molar-refractivity contribution in [3.05, 3.63) is 22.7 Å². The standard InChI is InChI=1S/C10H8ClNO2/c11-6-3-5-8(4-7(6)12)14-10(1-2-10)9(5)13/h3-4H,1-2,12H2. The zero-order valence-corrected chi connectivity index (χ0v) is 8.10. The number of nitrogen functional groups attached to an aromatic ring is 1. The van der Waals surface area contributed by atoms with Gasteiger partial charge in [0, 0.05) is 6.07 Å². The molecule has 4 heteroatoms. The van der Waals surface area contributed by atoms with Gasteiger partial charge in [0.1, 0.15) is 5.75 Å². The van der Waals surface area contributed by atoms with Gasteiger partial charge in [0.25, 0.3) is 0 Å². The molecule has 0 bridgehead atoms. The largest absolute Gasteiger partial charge is 0.478 e. The first-order valence-electron chi connectivity index (χ1n) is 4.45. The van der Waals surface area contributed by atoms with Crippen LogP contribution in [-0.4, -0.2) is 11.4 Å². The maximum Gasteiger partial charge on any atom is 0.210 e. The van der Waals surface area contributed by atoms with Gasteiger partial charge in [-0.2, -0.15) is 0 Å². The van der Waals surface area contributed by atoms with Gasteiger partial charge in [-0.05, 0) is 18.9 Å². The third-order valence-electron chi connectivity index (χ3n) is 2.77. The number of nitrogens with two attached hydrogens (primary N) is 1. The Bertz CT molecular complexity index is 452. The van der Waals surface area contributed by atoms with E-state index in [4.69, 9.17) is 22.1 Å². The lowest BCUT2D eigenvalue weighted by Crippen LogP contribution is -2.21. The highest BCUT2D eigenvalue weighted by Gasteiger charge is 2.57. The molecule has 0 aromatic heterocycles. The predicted octanol–water partition coefficient (Wildman–Crippen LogP) is 2.03. The molecule has 1 aliphatic carbocycles. The zero-order chi connectivity index (χ0) is 9.92. The van der Waals surface area contributed by atoms with E-state index in [0.29, 0.717) is 22.0 Å². The summed E-state index contributed by atoms with van der Waals surface area (Å²) in [6, 6.07) is 3.23. The van der Waals surface area contributed by atoms with Gasteiger partial charge in [0.2, 0.25) is 5.78 Å². The number of carbonyl (C=O) groups is 1. The molecule has 0 amide bonds. The molecule has 0 unspecified atom stereocenters. The Hall–Kier alpha value is -1.22. The topological polar surface area (TPSA) is 52.3 Å². The predicted molar refractivity (Wildman–Crippen MR) is 52.8 cm³/mol. The number of ether oxygens (including phenoxy) is 1. The molecule has 14 heavy (non-hydrogen) atoms. The lowest BCUT2D eigenvalue weighted by molar-refractivity contribution is 0.0820. The van der Waals surface area contributed by atoms with Crippen molar-refractivity contribution in [2.75, 3.05) is 5.73 Å². The molecule has 2 aliphatic rings. The van der Waals surface area contributed by atoms with Crippen LogP contribution in [0, 0.1) is 0 Å². The minimum Gasteiger partial charge on any atom is -0.478 e. The first-order valence-corrected chi connectivity index (χ1v) is 4.83. The van der Waals surface area contributed by atoms with E-state index in [1.165, 1.54) is 0 Å². The van der Waals surface area contributed by atoms with E-state index in [9.17, 15) is 4.79 Å². The fraction of sp³-hybridized carbons (Fsp3) is 0.300. The summed E-state index contributed by atoms with van der Waals surface area (Å²) in [4.78, 5) is 11.8. The smallest absolute Gasteiger partial charge is 0.210 e. The molecule has 1 saturated carbocycles. The molecule has 3 nitrogen and oxygen atoms in total. The van der Waals surface area contributed by atoms with Crippen molar-refractivity contribution in [3.8, 4) is 5.75 Å². The van der Waals surface area contributed by atoms with Crippen molar-refractivity contribution < 1.29 is 9.53 Å². The quantitative estimate of drug-likeness (QED) is 0.666. The van der Waals surface area contributed by atoms with Crippen LogP contribution in [0.15, 0.2) is 12.1 Å². The van der Waals surface area contributed by atoms with Crippen LogP contribution in [0.25, 0.3) is 0 Å². The van der Waals surface area contributed by atoms with Gasteiger partial charge in [-0.3, -0.25) is 4.79 Å². The Labute approximate surface area is 85.8 Å². The maximum atomic E-state index is 11.8. The summed E-state index contributed by atoms with van der Waals surface area (Å²) < 4.78 is 5.57. The summed E-state index contributed by atoms with van der Waals surface area (Å²) in [5, 5.41) is 0.415. The van der Waals surface area contributed by atoms with Gasteiger partial charge in [0.05, 0.1) is 16.3 Å². The Morgan fingerprint density at radius 1 is 1.43 bits per heavy atom. The highest BCUT2D eigenvalue weighted by Crippen LogP contribution is 2.50. The van der Waals surface area contributed by atoms with Gasteiger partial charge >= 0.3 is 0 Å². The zero-order valence-electron chi connectivity index (χ0n) is 7.34. The van der Waals surface area contributed by atoms with E-state index in [-0.39, 0.29) is 5.78 Å².